The number of hydrogen-bond acceptors (Lipinski definition) is 2. The molecule has 3 heteroatoms. The molecule has 0 saturated carbocycles. The molecule has 0 spiro atoms. The van der Waals surface area contributed by atoms with Crippen LogP contribution in [0.25, 0.3) is 5.69 Å². The molecule has 0 atom stereocenters. The minimum absolute atomic E-state index is 1.04. The Hall–Kier alpha value is -1.64. The Labute approximate surface area is 105 Å². The van der Waals surface area contributed by atoms with E-state index in [-0.39, 0.29) is 0 Å². The van der Waals surface area contributed by atoms with Crippen LogP contribution in [-0.2, 0) is 0 Å². The van der Waals surface area contributed by atoms with E-state index in [2.05, 4.69) is 23.9 Å². The van der Waals surface area contributed by atoms with Crippen molar-refractivity contribution in [3.63, 3.8) is 0 Å². The number of aromatic nitrogens is 3. The highest BCUT2D eigenvalue weighted by Crippen LogP contribution is 2.04. The molecule has 3 nitrogen and oxygen atoms in total. The molecule has 0 saturated heterocycles. The van der Waals surface area contributed by atoms with Crippen molar-refractivity contribution >= 4 is 0 Å². The molecule has 0 aliphatic carbocycles. The second kappa shape index (κ2) is 9.58. The molecule has 0 N–H and O–H groups in total. The number of hydrogen-bond donors (Lipinski definition) is 0. The first-order valence-electron chi connectivity index (χ1n) is 6.19. The lowest BCUT2D eigenvalue weighted by atomic mass is 10.4. The quantitative estimate of drug-likeness (QED) is 0.745. The van der Waals surface area contributed by atoms with Gasteiger partial charge in [0, 0.05) is 18.6 Å². The van der Waals surface area contributed by atoms with Crippen LogP contribution < -0.4 is 0 Å². The van der Waals surface area contributed by atoms with Crippen molar-refractivity contribution in [3.8, 4) is 5.69 Å². The van der Waals surface area contributed by atoms with E-state index in [1.54, 1.807) is 12.4 Å². The third-order valence-corrected chi connectivity index (χ3v) is 1.64. The van der Waals surface area contributed by atoms with E-state index in [1.807, 2.05) is 50.0 Å². The number of nitrogens with zero attached hydrogens (tertiary/aromatic N) is 3. The van der Waals surface area contributed by atoms with Gasteiger partial charge in [-0.15, -0.1) is 0 Å². The van der Waals surface area contributed by atoms with E-state index in [0.717, 1.165) is 11.3 Å². The van der Waals surface area contributed by atoms with Crippen molar-refractivity contribution in [1.82, 2.24) is 14.8 Å². The summed E-state index contributed by atoms with van der Waals surface area (Å²) in [6, 6.07) is 3.85. The van der Waals surface area contributed by atoms with Gasteiger partial charge >= 0.3 is 0 Å². The van der Waals surface area contributed by atoms with Crippen LogP contribution in [0.1, 0.15) is 39.7 Å². The maximum atomic E-state index is 4.17. The van der Waals surface area contributed by atoms with Gasteiger partial charge in [0.25, 0.3) is 0 Å². The van der Waals surface area contributed by atoms with Crippen molar-refractivity contribution in [2.75, 3.05) is 0 Å². The summed E-state index contributed by atoms with van der Waals surface area (Å²) in [6.45, 7) is 10.3. The lowest BCUT2D eigenvalue weighted by Crippen LogP contribution is -1.93. The number of aryl methyl sites for hydroxylation is 1. The highest BCUT2D eigenvalue weighted by molar-refractivity contribution is 5.28. The lowest BCUT2D eigenvalue weighted by molar-refractivity contribution is 0.877. The Bertz CT molecular complexity index is 379. The fourth-order valence-corrected chi connectivity index (χ4v) is 1.05. The summed E-state index contributed by atoms with van der Waals surface area (Å²) in [5.41, 5.74) is 2.20. The molecule has 17 heavy (non-hydrogen) atoms. The predicted octanol–water partition coefficient (Wildman–Crippen LogP) is 4.02. The van der Waals surface area contributed by atoms with Crippen LogP contribution in [0.3, 0.4) is 0 Å². The smallest absolute Gasteiger partial charge is 0.0676 e. The van der Waals surface area contributed by atoms with Gasteiger partial charge in [-0.05, 0) is 24.6 Å². The molecular formula is C14H23N3. The first kappa shape index (κ1) is 15.4. The second-order valence-corrected chi connectivity index (χ2v) is 3.37. The molecule has 2 heterocycles. The SMILES string of the molecule is CC.CCC.Cc1cnn(-c2ccncc2)c1. The molecule has 0 aliphatic heterocycles. The monoisotopic (exact) mass is 233 g/mol. The summed E-state index contributed by atoms with van der Waals surface area (Å²) in [5, 5.41) is 4.17. The van der Waals surface area contributed by atoms with Crippen LogP contribution in [0.15, 0.2) is 36.9 Å². The highest BCUT2D eigenvalue weighted by atomic mass is 15.3. The van der Waals surface area contributed by atoms with Crippen molar-refractivity contribution < 1.29 is 0 Å². The Morgan fingerprint density at radius 3 is 2.06 bits per heavy atom. The Morgan fingerprint density at radius 2 is 1.65 bits per heavy atom. The van der Waals surface area contributed by atoms with Crippen LogP contribution >= 0.6 is 0 Å². The molecule has 0 fully saturated rings. The molecule has 0 amide bonds. The van der Waals surface area contributed by atoms with E-state index in [4.69, 9.17) is 0 Å². The molecule has 0 bridgehead atoms. The second-order valence-electron chi connectivity index (χ2n) is 3.37. The van der Waals surface area contributed by atoms with E-state index < -0.39 is 0 Å². The largest absolute Gasteiger partial charge is 0.265 e. The molecule has 0 aromatic carbocycles. The molecule has 2 aromatic heterocycles. The average Bonchev–Trinajstić information content (AvgIpc) is 2.81. The molecule has 0 radical (unpaired) electrons. The Balaban J connectivity index is 0.000000450. The number of rotatable bonds is 1. The van der Waals surface area contributed by atoms with Crippen molar-refractivity contribution in [3.05, 3.63) is 42.5 Å². The summed E-state index contributed by atoms with van der Waals surface area (Å²) in [6.07, 6.45) is 8.58. The zero-order valence-corrected chi connectivity index (χ0v) is 11.5. The van der Waals surface area contributed by atoms with Crippen LogP contribution in [-0.4, -0.2) is 14.8 Å². The van der Waals surface area contributed by atoms with Gasteiger partial charge in [0.05, 0.1) is 11.9 Å². The standard InChI is InChI=1S/C9H9N3.C3H8.C2H6/c1-8-6-11-12(7-8)9-2-4-10-5-3-9;1-3-2;1-2/h2-7H,1H3;3H2,1-2H3;1-2H3. The van der Waals surface area contributed by atoms with Gasteiger partial charge in [-0.25, -0.2) is 4.68 Å². The van der Waals surface area contributed by atoms with Gasteiger partial charge < -0.3 is 0 Å². The fraction of sp³-hybridized carbons (Fsp3) is 0.429. The van der Waals surface area contributed by atoms with Crippen molar-refractivity contribution in [2.24, 2.45) is 0 Å². The first-order valence-corrected chi connectivity index (χ1v) is 6.19. The third kappa shape index (κ3) is 5.85. The van der Waals surface area contributed by atoms with E-state index in [1.165, 1.54) is 6.42 Å². The van der Waals surface area contributed by atoms with Gasteiger partial charge in [0.15, 0.2) is 0 Å². The van der Waals surface area contributed by atoms with Crippen LogP contribution in [0.2, 0.25) is 0 Å². The molecule has 94 valence electrons. The summed E-state index contributed by atoms with van der Waals surface area (Å²) < 4.78 is 1.83. The van der Waals surface area contributed by atoms with Gasteiger partial charge in [-0.1, -0.05) is 34.1 Å². The minimum Gasteiger partial charge on any atom is -0.265 e. The molecule has 0 unspecified atom stereocenters. The van der Waals surface area contributed by atoms with Gasteiger partial charge in [-0.2, -0.15) is 5.10 Å². The maximum absolute atomic E-state index is 4.17. The molecule has 0 aliphatic rings. The third-order valence-electron chi connectivity index (χ3n) is 1.64. The molecule has 2 rings (SSSR count). The van der Waals surface area contributed by atoms with Gasteiger partial charge in [0.1, 0.15) is 0 Å². The van der Waals surface area contributed by atoms with Crippen LogP contribution in [0.4, 0.5) is 0 Å². The van der Waals surface area contributed by atoms with E-state index >= 15 is 0 Å². The topological polar surface area (TPSA) is 30.7 Å². The number of pyridine rings is 1. The van der Waals surface area contributed by atoms with E-state index in [9.17, 15) is 0 Å². The lowest BCUT2D eigenvalue weighted by Gasteiger charge is -1.97. The zero-order valence-electron chi connectivity index (χ0n) is 11.5. The van der Waals surface area contributed by atoms with Gasteiger partial charge in [0.2, 0.25) is 0 Å². The summed E-state index contributed by atoms with van der Waals surface area (Å²) >= 11 is 0. The normalized spacial score (nSPS) is 8.53. The van der Waals surface area contributed by atoms with Crippen molar-refractivity contribution in [1.29, 1.82) is 0 Å². The zero-order chi connectivity index (χ0) is 13.1. The molecule has 2 aromatic rings. The Morgan fingerprint density at radius 1 is 1.12 bits per heavy atom. The maximum Gasteiger partial charge on any atom is 0.0676 e. The molecular weight excluding hydrogens is 210 g/mol. The predicted molar refractivity (Wildman–Crippen MR) is 73.4 cm³/mol. The summed E-state index contributed by atoms with van der Waals surface area (Å²) in [7, 11) is 0. The first-order chi connectivity index (χ1) is 8.27. The highest BCUT2D eigenvalue weighted by Gasteiger charge is 1.95. The van der Waals surface area contributed by atoms with Crippen molar-refractivity contribution in [2.45, 2.75) is 41.0 Å². The minimum atomic E-state index is 1.04. The van der Waals surface area contributed by atoms with Crippen LogP contribution in [0.5, 0.6) is 0 Å². The van der Waals surface area contributed by atoms with Gasteiger partial charge in [-0.3, -0.25) is 4.98 Å². The van der Waals surface area contributed by atoms with Crippen LogP contribution in [0, 0.1) is 6.92 Å². The Kier molecular flexibility index (Phi) is 8.65. The average molecular weight is 233 g/mol. The summed E-state index contributed by atoms with van der Waals surface area (Å²) in [5.74, 6) is 0. The summed E-state index contributed by atoms with van der Waals surface area (Å²) in [4.78, 5) is 3.94. The fourth-order valence-electron chi connectivity index (χ4n) is 1.05. The van der Waals surface area contributed by atoms with E-state index in [0.29, 0.717) is 0 Å².